The fourth-order valence-corrected chi connectivity index (χ4v) is 4.55. The number of carbonyl (C=O) groups is 3. The quantitative estimate of drug-likeness (QED) is 0.470. The summed E-state index contributed by atoms with van der Waals surface area (Å²) < 4.78 is 5.53. The second kappa shape index (κ2) is 9.83. The maximum atomic E-state index is 12.6. The fourth-order valence-electron chi connectivity index (χ4n) is 3.91. The van der Waals surface area contributed by atoms with Crippen LogP contribution in [-0.4, -0.2) is 46.8 Å². The third-order valence-electron chi connectivity index (χ3n) is 5.57. The first-order valence-corrected chi connectivity index (χ1v) is 11.3. The minimum absolute atomic E-state index is 0.107. The summed E-state index contributed by atoms with van der Waals surface area (Å²) in [6.07, 6.45) is 1.03. The number of carboxylic acid groups (broad SMARTS) is 1. The number of carboxylic acids is 1. The van der Waals surface area contributed by atoms with E-state index in [1.807, 2.05) is 48.5 Å². The van der Waals surface area contributed by atoms with Crippen molar-refractivity contribution >= 4 is 29.3 Å². The van der Waals surface area contributed by atoms with Crippen LogP contribution in [0.5, 0.6) is 0 Å². The molecule has 2 amide bonds. The highest BCUT2D eigenvalue weighted by Crippen LogP contribution is 2.44. The SMILES string of the molecule is C[C@H](NC(=O)C(Cc1cncs1)NC(=O)OCC1c2ccccc2-c2ccccc21)C(=O)O. The molecule has 170 valence electrons. The fraction of sp³-hybridized carbons (Fsp3) is 0.250. The van der Waals surface area contributed by atoms with Gasteiger partial charge in [0.1, 0.15) is 18.7 Å². The van der Waals surface area contributed by atoms with Crippen LogP contribution in [0.1, 0.15) is 28.8 Å². The number of aliphatic carboxylic acids is 1. The largest absolute Gasteiger partial charge is 0.480 e. The van der Waals surface area contributed by atoms with Crippen LogP contribution in [0.25, 0.3) is 11.1 Å². The van der Waals surface area contributed by atoms with Crippen molar-refractivity contribution in [3.05, 3.63) is 76.2 Å². The molecule has 1 unspecified atom stereocenters. The van der Waals surface area contributed by atoms with Gasteiger partial charge in [-0.2, -0.15) is 0 Å². The van der Waals surface area contributed by atoms with Gasteiger partial charge >= 0.3 is 12.1 Å². The average molecular weight is 466 g/mol. The Balaban J connectivity index is 1.44. The van der Waals surface area contributed by atoms with Crippen LogP contribution in [0, 0.1) is 0 Å². The monoisotopic (exact) mass is 465 g/mol. The zero-order chi connectivity index (χ0) is 23.4. The molecule has 0 bridgehead atoms. The second-order valence-corrected chi connectivity index (χ2v) is 8.73. The summed E-state index contributed by atoms with van der Waals surface area (Å²) in [5.41, 5.74) is 6.03. The Kier molecular flexibility index (Phi) is 6.69. The number of alkyl carbamates (subject to hydrolysis) is 1. The molecule has 0 saturated heterocycles. The van der Waals surface area contributed by atoms with E-state index in [0.717, 1.165) is 27.1 Å². The maximum Gasteiger partial charge on any atom is 0.407 e. The Hall–Kier alpha value is -3.72. The van der Waals surface area contributed by atoms with E-state index in [-0.39, 0.29) is 18.9 Å². The zero-order valence-corrected chi connectivity index (χ0v) is 18.7. The molecule has 1 aliphatic rings. The number of nitrogens with zero attached hydrogens (tertiary/aromatic N) is 1. The summed E-state index contributed by atoms with van der Waals surface area (Å²) in [5.74, 6) is -1.88. The highest BCUT2D eigenvalue weighted by atomic mass is 32.1. The number of amides is 2. The Labute approximate surface area is 194 Å². The number of ether oxygens (including phenoxy) is 1. The van der Waals surface area contributed by atoms with Crippen LogP contribution >= 0.6 is 11.3 Å². The van der Waals surface area contributed by atoms with E-state index >= 15 is 0 Å². The topological polar surface area (TPSA) is 118 Å². The smallest absolute Gasteiger partial charge is 0.407 e. The molecule has 0 radical (unpaired) electrons. The lowest BCUT2D eigenvalue weighted by molar-refractivity contribution is -0.141. The Morgan fingerprint density at radius 2 is 1.70 bits per heavy atom. The minimum atomic E-state index is -1.17. The molecule has 0 spiro atoms. The number of benzene rings is 2. The summed E-state index contributed by atoms with van der Waals surface area (Å²) >= 11 is 1.34. The molecule has 33 heavy (non-hydrogen) atoms. The lowest BCUT2D eigenvalue weighted by Gasteiger charge is -2.20. The molecule has 4 rings (SSSR count). The molecular weight excluding hydrogens is 442 g/mol. The summed E-state index contributed by atoms with van der Waals surface area (Å²) in [5, 5.41) is 14.1. The molecule has 3 N–H and O–H groups in total. The van der Waals surface area contributed by atoms with E-state index < -0.39 is 30.1 Å². The number of nitrogens with one attached hydrogen (secondary N) is 2. The van der Waals surface area contributed by atoms with Gasteiger partial charge in [-0.05, 0) is 29.2 Å². The van der Waals surface area contributed by atoms with Gasteiger partial charge in [-0.15, -0.1) is 11.3 Å². The molecule has 0 fully saturated rings. The van der Waals surface area contributed by atoms with Gasteiger partial charge in [0.25, 0.3) is 0 Å². The van der Waals surface area contributed by atoms with Gasteiger partial charge in [0, 0.05) is 23.4 Å². The van der Waals surface area contributed by atoms with Crippen molar-refractivity contribution in [1.29, 1.82) is 0 Å². The number of fused-ring (bicyclic) bond motifs is 3. The number of hydrogen-bond donors (Lipinski definition) is 3. The summed E-state index contributed by atoms with van der Waals surface area (Å²) in [6, 6.07) is 13.9. The Morgan fingerprint density at radius 1 is 1.06 bits per heavy atom. The number of hydrogen-bond acceptors (Lipinski definition) is 6. The van der Waals surface area contributed by atoms with Gasteiger partial charge in [0.2, 0.25) is 5.91 Å². The van der Waals surface area contributed by atoms with Crippen LogP contribution in [0.3, 0.4) is 0 Å². The van der Waals surface area contributed by atoms with Crippen LogP contribution in [0.15, 0.2) is 60.2 Å². The van der Waals surface area contributed by atoms with Gasteiger partial charge in [-0.1, -0.05) is 48.5 Å². The van der Waals surface area contributed by atoms with E-state index in [9.17, 15) is 14.4 Å². The van der Waals surface area contributed by atoms with Crippen molar-refractivity contribution in [2.24, 2.45) is 0 Å². The Morgan fingerprint density at radius 3 is 2.27 bits per heavy atom. The molecule has 3 aromatic rings. The third kappa shape index (κ3) is 5.04. The van der Waals surface area contributed by atoms with Gasteiger partial charge in [-0.25, -0.2) is 4.79 Å². The van der Waals surface area contributed by atoms with Crippen molar-refractivity contribution in [3.63, 3.8) is 0 Å². The number of rotatable bonds is 8. The normalized spacial score (nSPS) is 14.0. The van der Waals surface area contributed by atoms with Crippen LogP contribution in [0.2, 0.25) is 0 Å². The van der Waals surface area contributed by atoms with Crippen molar-refractivity contribution in [2.45, 2.75) is 31.3 Å². The lowest BCUT2D eigenvalue weighted by atomic mass is 9.98. The van der Waals surface area contributed by atoms with Crippen molar-refractivity contribution in [3.8, 4) is 11.1 Å². The summed E-state index contributed by atoms with van der Waals surface area (Å²) in [7, 11) is 0. The Bertz CT molecular complexity index is 1120. The molecular formula is C24H23N3O5S. The summed E-state index contributed by atoms with van der Waals surface area (Å²) in [4.78, 5) is 41.2. The van der Waals surface area contributed by atoms with Crippen LogP contribution < -0.4 is 10.6 Å². The van der Waals surface area contributed by atoms with E-state index in [1.165, 1.54) is 18.3 Å². The molecule has 8 nitrogen and oxygen atoms in total. The number of thiazole rings is 1. The molecule has 0 aliphatic heterocycles. The predicted molar refractivity (Wildman–Crippen MR) is 123 cm³/mol. The van der Waals surface area contributed by atoms with Crippen LogP contribution in [-0.2, 0) is 20.7 Å². The highest BCUT2D eigenvalue weighted by Gasteiger charge is 2.30. The first kappa shape index (κ1) is 22.5. The third-order valence-corrected chi connectivity index (χ3v) is 6.37. The molecule has 2 aromatic carbocycles. The minimum Gasteiger partial charge on any atom is -0.480 e. The van der Waals surface area contributed by atoms with Crippen molar-refractivity contribution < 1.29 is 24.2 Å². The summed E-state index contributed by atoms with van der Waals surface area (Å²) in [6.45, 7) is 1.47. The second-order valence-electron chi connectivity index (χ2n) is 7.76. The van der Waals surface area contributed by atoms with Gasteiger partial charge in [-0.3, -0.25) is 14.6 Å². The molecule has 1 aromatic heterocycles. The van der Waals surface area contributed by atoms with E-state index in [0.29, 0.717) is 0 Å². The average Bonchev–Trinajstić information content (AvgIpc) is 3.43. The first-order valence-electron chi connectivity index (χ1n) is 10.5. The molecule has 2 atom stereocenters. The van der Waals surface area contributed by atoms with Crippen LogP contribution in [0.4, 0.5) is 4.79 Å². The van der Waals surface area contributed by atoms with Crippen molar-refractivity contribution in [2.75, 3.05) is 6.61 Å². The maximum absolute atomic E-state index is 12.6. The van der Waals surface area contributed by atoms with Gasteiger partial charge < -0.3 is 20.5 Å². The number of carbonyl (C=O) groups excluding carboxylic acids is 2. The highest BCUT2D eigenvalue weighted by molar-refractivity contribution is 7.09. The molecule has 0 saturated carbocycles. The van der Waals surface area contributed by atoms with Gasteiger partial charge in [0.05, 0.1) is 5.51 Å². The molecule has 1 aliphatic carbocycles. The van der Waals surface area contributed by atoms with E-state index in [1.54, 1.807) is 11.7 Å². The van der Waals surface area contributed by atoms with E-state index in [4.69, 9.17) is 9.84 Å². The molecule has 9 heteroatoms. The van der Waals surface area contributed by atoms with Gasteiger partial charge in [0.15, 0.2) is 0 Å². The lowest BCUT2D eigenvalue weighted by Crippen LogP contribution is -2.51. The molecule has 1 heterocycles. The standard InChI is InChI=1S/C24H23N3O5S/c1-14(23(29)30)26-22(28)21(10-15-11-25-13-33-15)27-24(31)32-12-20-18-8-4-2-6-16(18)17-7-3-5-9-19(17)20/h2-9,11,13-14,20-21H,10,12H2,1H3,(H,26,28)(H,27,31)(H,29,30)/t14-,21?/m0/s1. The number of aromatic nitrogens is 1. The zero-order valence-electron chi connectivity index (χ0n) is 17.9. The van der Waals surface area contributed by atoms with E-state index in [2.05, 4.69) is 15.6 Å². The first-order chi connectivity index (χ1) is 15.9. The predicted octanol–water partition coefficient (Wildman–Crippen LogP) is 3.18. The van der Waals surface area contributed by atoms with Crippen molar-refractivity contribution in [1.82, 2.24) is 15.6 Å².